The molecule has 0 N–H and O–H groups in total. The van der Waals surface area contributed by atoms with E-state index < -0.39 is 0 Å². The smallest absolute Gasteiger partial charge is 0.164 e. The highest BCUT2D eigenvalue weighted by Crippen LogP contribution is 2.24. The zero-order valence-electron chi connectivity index (χ0n) is 10.4. The maximum absolute atomic E-state index is 5.73. The molecule has 0 atom stereocenters. The molecule has 2 aromatic carbocycles. The van der Waals surface area contributed by atoms with Gasteiger partial charge in [-0.2, -0.15) is 5.10 Å². The van der Waals surface area contributed by atoms with Gasteiger partial charge in [-0.25, -0.2) is 4.98 Å². The summed E-state index contributed by atoms with van der Waals surface area (Å²) in [7, 11) is 1.85. The van der Waals surface area contributed by atoms with Crippen molar-refractivity contribution in [3.63, 3.8) is 0 Å². The fourth-order valence-electron chi connectivity index (χ4n) is 1.88. The van der Waals surface area contributed by atoms with Crippen LogP contribution in [0.15, 0.2) is 47.2 Å². The zero-order valence-corrected chi connectivity index (χ0v) is 12.0. The van der Waals surface area contributed by atoms with Gasteiger partial charge in [0.05, 0.1) is 0 Å². The van der Waals surface area contributed by atoms with Gasteiger partial charge < -0.3 is 4.74 Å². The van der Waals surface area contributed by atoms with Gasteiger partial charge in [0.15, 0.2) is 5.82 Å². The van der Waals surface area contributed by atoms with Crippen LogP contribution in [0.5, 0.6) is 5.75 Å². The lowest BCUT2D eigenvalue weighted by Crippen LogP contribution is -2.04. The zero-order chi connectivity index (χ0) is 13.2. The monoisotopic (exact) mass is 317 g/mol. The average Bonchev–Trinajstić information content (AvgIpc) is 2.82. The number of fused-ring (bicyclic) bond motifs is 1. The van der Waals surface area contributed by atoms with Gasteiger partial charge in [-0.15, -0.1) is 0 Å². The van der Waals surface area contributed by atoms with Crippen molar-refractivity contribution in [2.45, 2.75) is 6.61 Å². The fraction of sp³-hybridized carbons (Fsp3) is 0.143. The highest BCUT2D eigenvalue weighted by Gasteiger charge is 2.03. The van der Waals surface area contributed by atoms with Gasteiger partial charge in [-0.1, -0.05) is 28.1 Å². The van der Waals surface area contributed by atoms with E-state index in [2.05, 4.69) is 38.1 Å². The van der Waals surface area contributed by atoms with E-state index in [9.17, 15) is 0 Å². The Morgan fingerprint density at radius 1 is 1.16 bits per heavy atom. The van der Waals surface area contributed by atoms with Crippen LogP contribution in [0.3, 0.4) is 0 Å². The number of rotatable bonds is 3. The van der Waals surface area contributed by atoms with E-state index in [0.717, 1.165) is 21.4 Å². The second-order valence-corrected chi connectivity index (χ2v) is 5.16. The lowest BCUT2D eigenvalue weighted by Gasteiger charge is -2.07. The van der Waals surface area contributed by atoms with Gasteiger partial charge in [-0.05, 0) is 35.0 Å². The Morgan fingerprint density at radius 3 is 2.74 bits per heavy atom. The van der Waals surface area contributed by atoms with Gasteiger partial charge in [0.25, 0.3) is 0 Å². The van der Waals surface area contributed by atoms with Crippen LogP contribution >= 0.6 is 15.9 Å². The topological polar surface area (TPSA) is 39.9 Å². The second kappa shape index (κ2) is 5.01. The minimum Gasteiger partial charge on any atom is -0.486 e. The summed E-state index contributed by atoms with van der Waals surface area (Å²) < 4.78 is 8.52. The molecule has 96 valence electrons. The van der Waals surface area contributed by atoms with Crippen molar-refractivity contribution in [3.8, 4) is 5.75 Å². The molecular weight excluding hydrogens is 306 g/mol. The van der Waals surface area contributed by atoms with E-state index in [1.165, 1.54) is 11.7 Å². The Hall–Kier alpha value is -1.88. The van der Waals surface area contributed by atoms with E-state index in [4.69, 9.17) is 4.74 Å². The van der Waals surface area contributed by atoms with Crippen LogP contribution in [0.25, 0.3) is 10.8 Å². The standard InChI is InChI=1S/C14H12BrN3O/c1-18-14(16-9-17-18)8-19-13-5-3-10-6-12(15)4-2-11(10)7-13/h2-7,9H,8H2,1H3. The Labute approximate surface area is 119 Å². The predicted molar refractivity (Wildman–Crippen MR) is 77.0 cm³/mol. The second-order valence-electron chi connectivity index (χ2n) is 4.24. The quantitative estimate of drug-likeness (QED) is 0.744. The molecule has 0 unspecified atom stereocenters. The normalized spacial score (nSPS) is 10.8. The van der Waals surface area contributed by atoms with E-state index in [0.29, 0.717) is 6.61 Å². The first-order valence-corrected chi connectivity index (χ1v) is 6.67. The molecule has 0 aliphatic rings. The average molecular weight is 318 g/mol. The predicted octanol–water partition coefficient (Wildman–Crippen LogP) is 3.31. The van der Waals surface area contributed by atoms with Gasteiger partial charge in [0, 0.05) is 11.5 Å². The van der Waals surface area contributed by atoms with Crippen molar-refractivity contribution in [1.29, 1.82) is 0 Å². The summed E-state index contributed by atoms with van der Waals surface area (Å²) in [6, 6.07) is 12.2. The Kier molecular flexibility index (Phi) is 3.21. The molecule has 19 heavy (non-hydrogen) atoms. The summed E-state index contributed by atoms with van der Waals surface area (Å²) in [6.07, 6.45) is 1.52. The van der Waals surface area contributed by atoms with Gasteiger partial charge in [0.2, 0.25) is 0 Å². The third-order valence-electron chi connectivity index (χ3n) is 2.95. The third kappa shape index (κ3) is 2.61. The summed E-state index contributed by atoms with van der Waals surface area (Å²) in [5, 5.41) is 6.34. The van der Waals surface area contributed by atoms with E-state index in [1.54, 1.807) is 4.68 Å². The van der Waals surface area contributed by atoms with Crippen LogP contribution in [0.4, 0.5) is 0 Å². The van der Waals surface area contributed by atoms with Gasteiger partial charge in [0.1, 0.15) is 18.7 Å². The van der Waals surface area contributed by atoms with Gasteiger partial charge in [-0.3, -0.25) is 4.68 Å². The Bertz CT molecular complexity index is 724. The number of hydrogen-bond donors (Lipinski definition) is 0. The van der Waals surface area contributed by atoms with Crippen LogP contribution < -0.4 is 4.74 Å². The van der Waals surface area contributed by atoms with Gasteiger partial charge >= 0.3 is 0 Å². The first-order valence-electron chi connectivity index (χ1n) is 5.87. The van der Waals surface area contributed by atoms with Crippen molar-refractivity contribution in [2.24, 2.45) is 7.05 Å². The van der Waals surface area contributed by atoms with Crippen LogP contribution in [-0.2, 0) is 13.7 Å². The number of nitrogens with zero attached hydrogens (tertiary/aromatic N) is 3. The maximum Gasteiger partial charge on any atom is 0.164 e. The molecule has 0 aliphatic carbocycles. The summed E-state index contributed by atoms with van der Waals surface area (Å²) in [4.78, 5) is 4.13. The fourth-order valence-corrected chi connectivity index (χ4v) is 2.26. The molecule has 0 fully saturated rings. The number of halogens is 1. The highest BCUT2D eigenvalue weighted by atomic mass is 79.9. The largest absolute Gasteiger partial charge is 0.486 e. The summed E-state index contributed by atoms with van der Waals surface area (Å²) in [6.45, 7) is 0.415. The SMILES string of the molecule is Cn1ncnc1COc1ccc2cc(Br)ccc2c1. The first-order chi connectivity index (χ1) is 9.22. The van der Waals surface area contributed by atoms with E-state index in [1.807, 2.05) is 31.3 Å². The molecule has 3 aromatic rings. The number of aryl methyl sites for hydroxylation is 1. The molecule has 0 saturated carbocycles. The molecule has 0 spiro atoms. The number of ether oxygens (including phenoxy) is 1. The molecule has 0 bridgehead atoms. The van der Waals surface area contributed by atoms with E-state index >= 15 is 0 Å². The number of hydrogen-bond acceptors (Lipinski definition) is 3. The molecule has 0 amide bonds. The maximum atomic E-state index is 5.73. The van der Waals surface area contributed by atoms with Crippen molar-refractivity contribution < 1.29 is 4.74 Å². The van der Waals surface area contributed by atoms with Crippen LogP contribution in [0.1, 0.15) is 5.82 Å². The van der Waals surface area contributed by atoms with Crippen molar-refractivity contribution in [1.82, 2.24) is 14.8 Å². The number of benzene rings is 2. The summed E-state index contributed by atoms with van der Waals surface area (Å²) >= 11 is 3.47. The molecule has 5 heteroatoms. The summed E-state index contributed by atoms with van der Waals surface area (Å²) in [5.74, 6) is 1.63. The van der Waals surface area contributed by atoms with Crippen LogP contribution in [-0.4, -0.2) is 14.8 Å². The summed E-state index contributed by atoms with van der Waals surface area (Å²) in [5.41, 5.74) is 0. The van der Waals surface area contributed by atoms with Crippen molar-refractivity contribution in [3.05, 3.63) is 53.0 Å². The molecule has 3 rings (SSSR count). The van der Waals surface area contributed by atoms with Crippen molar-refractivity contribution >= 4 is 26.7 Å². The minimum absolute atomic E-state index is 0.415. The molecule has 1 heterocycles. The lowest BCUT2D eigenvalue weighted by molar-refractivity contribution is 0.290. The Balaban J connectivity index is 1.82. The lowest BCUT2D eigenvalue weighted by atomic mass is 10.1. The molecule has 1 aromatic heterocycles. The molecule has 0 saturated heterocycles. The van der Waals surface area contributed by atoms with E-state index in [-0.39, 0.29) is 0 Å². The molecule has 0 aliphatic heterocycles. The number of aromatic nitrogens is 3. The van der Waals surface area contributed by atoms with Crippen LogP contribution in [0.2, 0.25) is 0 Å². The molecular formula is C14H12BrN3O. The minimum atomic E-state index is 0.415. The molecule has 4 nitrogen and oxygen atoms in total. The van der Waals surface area contributed by atoms with Crippen LogP contribution in [0, 0.1) is 0 Å². The first kappa shape index (κ1) is 12.2. The Morgan fingerprint density at radius 2 is 1.95 bits per heavy atom. The molecule has 0 radical (unpaired) electrons. The third-order valence-corrected chi connectivity index (χ3v) is 3.44. The highest BCUT2D eigenvalue weighted by molar-refractivity contribution is 9.10. The van der Waals surface area contributed by atoms with Crippen molar-refractivity contribution in [2.75, 3.05) is 0 Å².